The number of hydrogen-bond acceptors (Lipinski definition) is 3. The molecule has 1 atom stereocenters. The van der Waals surface area contributed by atoms with Gasteiger partial charge in [-0.05, 0) is 38.9 Å². The van der Waals surface area contributed by atoms with Crippen molar-refractivity contribution in [3.8, 4) is 0 Å². The van der Waals surface area contributed by atoms with Gasteiger partial charge < -0.3 is 14.3 Å². The standard InChI is InChI=1S/C13H20N4OS/c1-3-17-12-11(9(2)15-17)14-13(19)16(12)7-10-5-4-6-18-8-10/h10H,3-8H2,1-2H3,(H,14,19). The third kappa shape index (κ3) is 2.23. The van der Waals surface area contributed by atoms with Crippen LogP contribution in [0.1, 0.15) is 25.5 Å². The molecule has 1 fully saturated rings. The van der Waals surface area contributed by atoms with Crippen molar-refractivity contribution in [2.24, 2.45) is 5.92 Å². The fourth-order valence-corrected chi connectivity index (χ4v) is 3.12. The van der Waals surface area contributed by atoms with Crippen molar-refractivity contribution in [1.29, 1.82) is 0 Å². The zero-order valence-corrected chi connectivity index (χ0v) is 12.3. The number of imidazole rings is 1. The predicted octanol–water partition coefficient (Wildman–Crippen LogP) is 2.65. The predicted molar refractivity (Wildman–Crippen MR) is 76.9 cm³/mol. The zero-order valence-electron chi connectivity index (χ0n) is 11.5. The first-order valence-electron chi connectivity index (χ1n) is 6.94. The molecule has 0 aromatic carbocycles. The van der Waals surface area contributed by atoms with Crippen LogP contribution in [-0.4, -0.2) is 32.5 Å². The summed E-state index contributed by atoms with van der Waals surface area (Å²) in [5.74, 6) is 0.556. The second-order valence-corrected chi connectivity index (χ2v) is 5.61. The summed E-state index contributed by atoms with van der Waals surface area (Å²) in [6, 6.07) is 0. The van der Waals surface area contributed by atoms with Crippen LogP contribution in [-0.2, 0) is 17.8 Å². The Morgan fingerprint density at radius 2 is 2.37 bits per heavy atom. The van der Waals surface area contributed by atoms with Gasteiger partial charge in [0.1, 0.15) is 5.52 Å². The molecule has 2 aromatic heterocycles. The van der Waals surface area contributed by atoms with Gasteiger partial charge in [-0.1, -0.05) is 0 Å². The number of aromatic nitrogens is 4. The Hall–Kier alpha value is -1.14. The summed E-state index contributed by atoms with van der Waals surface area (Å²) in [5.41, 5.74) is 3.21. The lowest BCUT2D eigenvalue weighted by Crippen LogP contribution is -2.22. The van der Waals surface area contributed by atoms with E-state index in [1.807, 2.05) is 11.6 Å². The molecular formula is C13H20N4OS. The van der Waals surface area contributed by atoms with Crippen molar-refractivity contribution in [2.75, 3.05) is 13.2 Å². The minimum absolute atomic E-state index is 0.556. The van der Waals surface area contributed by atoms with E-state index in [1.54, 1.807) is 0 Å². The molecule has 1 unspecified atom stereocenters. The Kier molecular flexibility index (Phi) is 3.45. The largest absolute Gasteiger partial charge is 0.381 e. The van der Waals surface area contributed by atoms with Crippen LogP contribution < -0.4 is 0 Å². The second-order valence-electron chi connectivity index (χ2n) is 5.22. The molecule has 1 N–H and O–H groups in total. The van der Waals surface area contributed by atoms with Crippen molar-refractivity contribution in [2.45, 2.75) is 39.8 Å². The quantitative estimate of drug-likeness (QED) is 0.879. The Morgan fingerprint density at radius 1 is 1.53 bits per heavy atom. The molecule has 0 spiro atoms. The van der Waals surface area contributed by atoms with Crippen LogP contribution >= 0.6 is 12.2 Å². The highest BCUT2D eigenvalue weighted by Crippen LogP contribution is 2.22. The lowest BCUT2D eigenvalue weighted by atomic mass is 10.0. The first-order chi connectivity index (χ1) is 9.20. The van der Waals surface area contributed by atoms with Gasteiger partial charge in [-0.2, -0.15) is 5.10 Å². The van der Waals surface area contributed by atoms with Crippen LogP contribution in [0.5, 0.6) is 0 Å². The molecule has 0 saturated carbocycles. The number of aromatic amines is 1. The first kappa shape index (κ1) is 12.9. The summed E-state index contributed by atoms with van der Waals surface area (Å²) in [6.07, 6.45) is 2.37. The summed E-state index contributed by atoms with van der Waals surface area (Å²) in [4.78, 5) is 3.29. The summed E-state index contributed by atoms with van der Waals surface area (Å²) in [5, 5.41) is 4.55. The van der Waals surface area contributed by atoms with Gasteiger partial charge in [0.15, 0.2) is 10.4 Å². The minimum Gasteiger partial charge on any atom is -0.381 e. The average molecular weight is 280 g/mol. The molecular weight excluding hydrogens is 260 g/mol. The fraction of sp³-hybridized carbons (Fsp3) is 0.692. The lowest BCUT2D eigenvalue weighted by molar-refractivity contribution is 0.0485. The smallest absolute Gasteiger partial charge is 0.179 e. The van der Waals surface area contributed by atoms with Crippen LogP contribution in [0.4, 0.5) is 0 Å². The van der Waals surface area contributed by atoms with Gasteiger partial charge in [-0.15, -0.1) is 0 Å². The summed E-state index contributed by atoms with van der Waals surface area (Å²) >= 11 is 5.47. The number of hydrogen-bond donors (Lipinski definition) is 1. The van der Waals surface area contributed by atoms with Crippen LogP contribution in [0.25, 0.3) is 11.2 Å². The molecule has 3 rings (SSSR count). The van der Waals surface area contributed by atoms with Crippen LogP contribution in [0.15, 0.2) is 0 Å². The first-order valence-corrected chi connectivity index (χ1v) is 7.35. The molecule has 2 aromatic rings. The van der Waals surface area contributed by atoms with E-state index in [9.17, 15) is 0 Å². The topological polar surface area (TPSA) is 47.8 Å². The molecule has 5 nitrogen and oxygen atoms in total. The van der Waals surface area contributed by atoms with Crippen LogP contribution in [0.2, 0.25) is 0 Å². The van der Waals surface area contributed by atoms with E-state index in [4.69, 9.17) is 17.0 Å². The maximum absolute atomic E-state index is 5.56. The molecule has 1 saturated heterocycles. The average Bonchev–Trinajstić information content (AvgIpc) is 2.90. The molecule has 0 amide bonds. The fourth-order valence-electron chi connectivity index (χ4n) is 2.86. The zero-order chi connectivity index (χ0) is 13.4. The maximum atomic E-state index is 5.56. The molecule has 0 radical (unpaired) electrons. The van der Waals surface area contributed by atoms with E-state index in [2.05, 4.69) is 21.6 Å². The number of nitrogens with one attached hydrogen (secondary N) is 1. The van der Waals surface area contributed by atoms with E-state index in [-0.39, 0.29) is 0 Å². The van der Waals surface area contributed by atoms with Crippen molar-refractivity contribution in [3.05, 3.63) is 10.5 Å². The highest BCUT2D eigenvalue weighted by atomic mass is 32.1. The van der Waals surface area contributed by atoms with Gasteiger partial charge in [0.2, 0.25) is 0 Å². The SMILES string of the molecule is CCn1nc(C)c2[nH]c(=S)n(CC3CCCOC3)c21. The van der Waals surface area contributed by atoms with Gasteiger partial charge in [0.25, 0.3) is 0 Å². The Balaban J connectivity index is 2.01. The number of ether oxygens (including phenoxy) is 1. The summed E-state index contributed by atoms with van der Waals surface area (Å²) in [7, 11) is 0. The molecule has 3 heterocycles. The number of fused-ring (bicyclic) bond motifs is 1. The summed E-state index contributed by atoms with van der Waals surface area (Å²) < 4.78 is 10.6. The summed E-state index contributed by atoms with van der Waals surface area (Å²) in [6.45, 7) is 7.65. The third-order valence-corrected chi connectivity index (χ3v) is 4.15. The lowest BCUT2D eigenvalue weighted by Gasteiger charge is -2.22. The highest BCUT2D eigenvalue weighted by Gasteiger charge is 2.19. The molecule has 0 aliphatic carbocycles. The molecule has 19 heavy (non-hydrogen) atoms. The van der Waals surface area contributed by atoms with Crippen LogP contribution in [0, 0.1) is 17.6 Å². The van der Waals surface area contributed by atoms with Crippen molar-refractivity contribution in [3.63, 3.8) is 0 Å². The third-order valence-electron chi connectivity index (χ3n) is 3.83. The van der Waals surface area contributed by atoms with Gasteiger partial charge in [0.05, 0.1) is 12.3 Å². The van der Waals surface area contributed by atoms with E-state index in [0.717, 1.165) is 54.4 Å². The number of H-pyrrole nitrogens is 1. The monoisotopic (exact) mass is 280 g/mol. The number of rotatable bonds is 3. The van der Waals surface area contributed by atoms with Gasteiger partial charge in [0, 0.05) is 25.6 Å². The Bertz CT molecular complexity index is 633. The van der Waals surface area contributed by atoms with Gasteiger partial charge >= 0.3 is 0 Å². The second kappa shape index (κ2) is 5.09. The number of nitrogens with zero attached hydrogens (tertiary/aromatic N) is 3. The number of aryl methyl sites for hydroxylation is 2. The van der Waals surface area contributed by atoms with Gasteiger partial charge in [-0.25, -0.2) is 4.68 Å². The Morgan fingerprint density at radius 3 is 3.05 bits per heavy atom. The van der Waals surface area contributed by atoms with E-state index >= 15 is 0 Å². The molecule has 1 aliphatic heterocycles. The van der Waals surface area contributed by atoms with E-state index in [0.29, 0.717) is 5.92 Å². The van der Waals surface area contributed by atoms with Crippen LogP contribution in [0.3, 0.4) is 0 Å². The molecule has 1 aliphatic rings. The van der Waals surface area contributed by atoms with E-state index < -0.39 is 0 Å². The van der Waals surface area contributed by atoms with Gasteiger partial charge in [-0.3, -0.25) is 0 Å². The molecule has 6 heteroatoms. The van der Waals surface area contributed by atoms with Crippen molar-refractivity contribution >= 4 is 23.4 Å². The molecule has 104 valence electrons. The van der Waals surface area contributed by atoms with Crippen molar-refractivity contribution < 1.29 is 4.74 Å². The van der Waals surface area contributed by atoms with Crippen molar-refractivity contribution in [1.82, 2.24) is 19.3 Å². The molecule has 0 bridgehead atoms. The maximum Gasteiger partial charge on any atom is 0.179 e. The highest BCUT2D eigenvalue weighted by molar-refractivity contribution is 7.71. The minimum atomic E-state index is 0.556. The normalized spacial score (nSPS) is 20.2. The Labute approximate surface area is 117 Å². The van der Waals surface area contributed by atoms with E-state index in [1.165, 1.54) is 6.42 Å².